The molecule has 0 unspecified atom stereocenters. The smallest absolute Gasteiger partial charge is 0.330 e. The molecule has 2 aliphatic heterocycles. The van der Waals surface area contributed by atoms with E-state index in [0.29, 0.717) is 0 Å². The Kier molecular flexibility index (Phi) is 7.62. The van der Waals surface area contributed by atoms with Crippen LogP contribution in [0.25, 0.3) is 11.2 Å². The number of fused-ring (bicyclic) bond motifs is 1. The summed E-state index contributed by atoms with van der Waals surface area (Å²) in [5.74, 6) is -0.323. The monoisotopic (exact) mass is 530 g/mol. The number of H-pyrrole nitrogens is 1. The lowest BCUT2D eigenvalue weighted by molar-refractivity contribution is -0.0492. The fourth-order valence-corrected chi connectivity index (χ4v) is 3.96. The van der Waals surface area contributed by atoms with Gasteiger partial charge in [-0.1, -0.05) is 0 Å². The number of aromatic hydroxyl groups is 1. The summed E-state index contributed by atoms with van der Waals surface area (Å²) in [6.07, 6.45) is -7.64. The first kappa shape index (κ1) is 26.7. The number of aliphatic hydroxyl groups is 4. The topological polar surface area (TPSA) is 218 Å². The Balaban J connectivity index is 0.000000173. The number of hydrogen-bond acceptors (Lipinski definition) is 12. The lowest BCUT2D eigenvalue weighted by Crippen LogP contribution is -2.36. The Morgan fingerprint density at radius 1 is 0.973 bits per heavy atom. The number of imidazole rings is 1. The van der Waals surface area contributed by atoms with Crippen LogP contribution in [0.1, 0.15) is 18.0 Å². The molecule has 15 nitrogen and oxygen atoms in total. The summed E-state index contributed by atoms with van der Waals surface area (Å²) >= 11 is 0. The van der Waals surface area contributed by atoms with Gasteiger partial charge < -0.3 is 35.0 Å². The summed E-state index contributed by atoms with van der Waals surface area (Å²) < 4.78 is 40.2. The van der Waals surface area contributed by atoms with Crippen LogP contribution in [-0.4, -0.2) is 105 Å². The van der Waals surface area contributed by atoms with Crippen molar-refractivity contribution in [1.82, 2.24) is 29.1 Å². The number of rotatable bonds is 4. The molecule has 37 heavy (non-hydrogen) atoms. The van der Waals surface area contributed by atoms with E-state index in [2.05, 4.69) is 15.0 Å². The molecule has 0 spiro atoms. The van der Waals surface area contributed by atoms with Gasteiger partial charge in [-0.3, -0.25) is 18.9 Å². The van der Waals surface area contributed by atoms with Gasteiger partial charge in [0, 0.05) is 11.8 Å². The van der Waals surface area contributed by atoms with Gasteiger partial charge in [0.2, 0.25) is 5.88 Å². The molecule has 0 radical (unpaired) electrons. The number of aromatic nitrogens is 6. The molecule has 0 amide bonds. The quantitative estimate of drug-likeness (QED) is 0.207. The summed E-state index contributed by atoms with van der Waals surface area (Å²) in [5.41, 5.74) is -0.883. The van der Waals surface area contributed by atoms with Crippen LogP contribution in [0.4, 0.5) is 8.78 Å². The largest absolute Gasteiger partial charge is 0.492 e. The van der Waals surface area contributed by atoms with Crippen molar-refractivity contribution in [2.75, 3.05) is 13.2 Å². The van der Waals surface area contributed by atoms with Crippen molar-refractivity contribution in [3.8, 4) is 5.88 Å². The van der Waals surface area contributed by atoms with E-state index in [1.165, 1.54) is 17.8 Å². The van der Waals surface area contributed by atoms with Crippen LogP contribution in [0.5, 0.6) is 5.88 Å². The predicted molar refractivity (Wildman–Crippen MR) is 117 cm³/mol. The third-order valence-electron chi connectivity index (χ3n) is 5.98. The second kappa shape index (κ2) is 10.6. The number of ether oxygens (including phenoxy) is 2. The maximum absolute atomic E-state index is 14.0. The molecule has 3 aromatic rings. The third kappa shape index (κ3) is 4.83. The van der Waals surface area contributed by atoms with Crippen molar-refractivity contribution in [2.45, 2.75) is 56.1 Å². The Hall–Kier alpha value is -3.35. The minimum absolute atomic E-state index is 0.111. The Bertz CT molecular complexity index is 1370. The normalized spacial score (nSPS) is 31.4. The number of aryl methyl sites for hydroxylation is 1. The maximum atomic E-state index is 14.0. The Labute approximate surface area is 205 Å². The minimum atomic E-state index is -1.86. The lowest BCUT2D eigenvalue weighted by Gasteiger charge is -2.15. The predicted octanol–water partition coefficient (Wildman–Crippen LogP) is -2.45. The molecule has 5 rings (SSSR count). The molecule has 202 valence electrons. The first-order chi connectivity index (χ1) is 17.6. The fourth-order valence-electron chi connectivity index (χ4n) is 3.96. The van der Waals surface area contributed by atoms with Crippen molar-refractivity contribution < 1.29 is 43.8 Å². The van der Waals surface area contributed by atoms with Crippen LogP contribution in [0.2, 0.25) is 0 Å². The van der Waals surface area contributed by atoms with Gasteiger partial charge in [-0.15, -0.1) is 0 Å². The van der Waals surface area contributed by atoms with Gasteiger partial charge in [0.05, 0.1) is 19.5 Å². The number of aromatic amines is 1. The van der Waals surface area contributed by atoms with Crippen molar-refractivity contribution in [2.24, 2.45) is 0 Å². The molecule has 6 N–H and O–H groups in total. The van der Waals surface area contributed by atoms with Crippen molar-refractivity contribution in [3.63, 3.8) is 0 Å². The molecule has 2 fully saturated rings. The summed E-state index contributed by atoms with van der Waals surface area (Å²) in [6.45, 7) is 0.400. The summed E-state index contributed by atoms with van der Waals surface area (Å²) in [7, 11) is 0. The average molecular weight is 530 g/mol. The molecule has 0 aromatic carbocycles. The number of nitrogens with one attached hydrogen (secondary N) is 1. The fraction of sp³-hybridized carbons (Fsp3) is 0.550. The number of hydrogen-bond donors (Lipinski definition) is 6. The van der Waals surface area contributed by atoms with E-state index in [0.717, 1.165) is 17.1 Å². The molecule has 17 heteroatoms. The highest BCUT2D eigenvalue weighted by molar-refractivity contribution is 5.75. The lowest BCUT2D eigenvalue weighted by atomic mass is 10.1. The van der Waals surface area contributed by atoms with Crippen LogP contribution in [0, 0.1) is 6.92 Å². The zero-order valence-corrected chi connectivity index (χ0v) is 19.1. The minimum Gasteiger partial charge on any atom is -0.492 e. The highest BCUT2D eigenvalue weighted by Crippen LogP contribution is 2.34. The molecule has 0 bridgehead atoms. The maximum Gasteiger partial charge on any atom is 0.330 e. The van der Waals surface area contributed by atoms with E-state index in [1.807, 2.05) is 4.98 Å². The van der Waals surface area contributed by atoms with Crippen LogP contribution in [0.3, 0.4) is 0 Å². The first-order valence-corrected chi connectivity index (χ1v) is 10.9. The number of alkyl halides is 2. The zero-order valence-electron chi connectivity index (χ0n) is 19.1. The highest BCUT2D eigenvalue weighted by atomic mass is 19.1. The number of nitrogens with zero attached hydrogens (tertiary/aromatic N) is 5. The highest BCUT2D eigenvalue weighted by Gasteiger charge is 2.46. The first-order valence-electron chi connectivity index (χ1n) is 10.9. The van der Waals surface area contributed by atoms with Crippen LogP contribution in [-0.2, 0) is 9.47 Å². The standard InChI is InChI=1S/C10H11FN4O4.C10H13FN2O5/c11-5-7(17)4(1-16)19-10(5)15-3-14-6-8(15)12-2-13-9(6)18;1-4-2-13(10(17)12-8(4)16)9-6(11)7(15)5(3-14)18-9/h2-5,7,10,16-17H,1H2,(H,12,13,18);2,5-7,9,14-15H,3H2,1H3,(H,12,16,17)/t4-,5-,7-,10-;5-,6-,7-,9-/m11/s1. The van der Waals surface area contributed by atoms with Gasteiger partial charge in [0.1, 0.15) is 30.7 Å². The molecule has 2 aliphatic rings. The molecule has 5 heterocycles. The summed E-state index contributed by atoms with van der Waals surface area (Å²) in [6, 6.07) is 0. The molecular weight excluding hydrogens is 506 g/mol. The van der Waals surface area contributed by atoms with E-state index in [4.69, 9.17) is 19.7 Å². The number of halogens is 2. The van der Waals surface area contributed by atoms with Gasteiger partial charge in [-0.25, -0.2) is 23.5 Å². The molecule has 3 aromatic heterocycles. The van der Waals surface area contributed by atoms with Crippen molar-refractivity contribution >= 4 is 11.2 Å². The zero-order chi connectivity index (χ0) is 27.0. The molecular formula is C20H24F2N6O9. The third-order valence-corrected chi connectivity index (χ3v) is 5.98. The molecule has 2 saturated heterocycles. The molecule has 0 saturated carbocycles. The second-order valence-electron chi connectivity index (χ2n) is 8.37. The average Bonchev–Trinajstić information content (AvgIpc) is 3.52. The SMILES string of the molecule is Cc1cn([C@@H]2O[C@H](CO)[C@@H](O)[C@H]2F)c(=O)[nH]c1=O.OC[C@H]1O[C@@H](n2cnc3c(O)ncnc32)[C@H](F)[C@@H]1O. The van der Waals surface area contributed by atoms with Gasteiger partial charge in [0.15, 0.2) is 36.0 Å². The van der Waals surface area contributed by atoms with Crippen molar-refractivity contribution in [3.05, 3.63) is 45.3 Å². The van der Waals surface area contributed by atoms with E-state index in [9.17, 15) is 33.7 Å². The van der Waals surface area contributed by atoms with Crippen LogP contribution in [0.15, 0.2) is 28.4 Å². The van der Waals surface area contributed by atoms with Gasteiger partial charge in [0.25, 0.3) is 5.56 Å². The Morgan fingerprint density at radius 3 is 2.08 bits per heavy atom. The van der Waals surface area contributed by atoms with Gasteiger partial charge >= 0.3 is 5.69 Å². The van der Waals surface area contributed by atoms with Crippen molar-refractivity contribution in [1.29, 1.82) is 0 Å². The van der Waals surface area contributed by atoms with E-state index < -0.39 is 73.7 Å². The van der Waals surface area contributed by atoms with Gasteiger partial charge in [-0.05, 0) is 6.92 Å². The molecule has 8 atom stereocenters. The summed E-state index contributed by atoms with van der Waals surface area (Å²) in [4.78, 5) is 36.1. The Morgan fingerprint density at radius 2 is 1.54 bits per heavy atom. The number of aliphatic hydroxyl groups excluding tert-OH is 4. The summed E-state index contributed by atoms with van der Waals surface area (Å²) in [5, 5.41) is 46.4. The molecule has 0 aliphatic carbocycles. The van der Waals surface area contributed by atoms with Gasteiger partial charge in [-0.2, -0.15) is 4.98 Å². The van der Waals surface area contributed by atoms with Crippen LogP contribution >= 0.6 is 0 Å². The van der Waals surface area contributed by atoms with E-state index >= 15 is 0 Å². The van der Waals surface area contributed by atoms with E-state index in [1.54, 1.807) is 0 Å². The van der Waals surface area contributed by atoms with E-state index in [-0.39, 0.29) is 22.6 Å². The second-order valence-corrected chi connectivity index (χ2v) is 8.37. The van der Waals surface area contributed by atoms with Crippen LogP contribution < -0.4 is 11.2 Å².